The molecule has 1 unspecified atom stereocenters. The third kappa shape index (κ3) is 4.35. The number of hydrogen-bond acceptors (Lipinski definition) is 4. The van der Waals surface area contributed by atoms with E-state index in [4.69, 9.17) is 9.47 Å². The summed E-state index contributed by atoms with van der Waals surface area (Å²) in [6.07, 6.45) is -0.924. The summed E-state index contributed by atoms with van der Waals surface area (Å²) in [5, 5.41) is 2.73. The molecule has 0 bridgehead atoms. The lowest BCUT2D eigenvalue weighted by molar-refractivity contribution is -0.123. The molecule has 0 aliphatic heterocycles. The minimum atomic E-state index is -0.924. The molecule has 2 aromatic carbocycles. The average Bonchev–Trinajstić information content (AvgIpc) is 2.57. The third-order valence-electron chi connectivity index (χ3n) is 3.46. The van der Waals surface area contributed by atoms with E-state index in [1.54, 1.807) is 30.3 Å². The summed E-state index contributed by atoms with van der Waals surface area (Å²) in [4.78, 5) is 24.5. The summed E-state index contributed by atoms with van der Waals surface area (Å²) < 4.78 is 10.7. The molecule has 0 aliphatic rings. The van der Waals surface area contributed by atoms with E-state index in [0.29, 0.717) is 23.6 Å². The molecule has 0 saturated carbocycles. The number of hydrogen-bond donors (Lipinski definition) is 1. The van der Waals surface area contributed by atoms with Gasteiger partial charge in [-0.2, -0.15) is 0 Å². The van der Waals surface area contributed by atoms with Crippen LogP contribution in [0.1, 0.15) is 29.8 Å². The van der Waals surface area contributed by atoms with Gasteiger partial charge in [0.25, 0.3) is 5.91 Å². The number of amides is 1. The molecule has 0 fully saturated rings. The number of rotatable bonds is 6. The van der Waals surface area contributed by atoms with Crippen molar-refractivity contribution in [2.75, 3.05) is 11.9 Å². The van der Waals surface area contributed by atoms with Crippen molar-refractivity contribution >= 4 is 17.6 Å². The second kappa shape index (κ2) is 8.15. The summed E-state index contributed by atoms with van der Waals surface area (Å²) in [6, 6.07) is 14.2. The van der Waals surface area contributed by atoms with Gasteiger partial charge < -0.3 is 14.8 Å². The van der Waals surface area contributed by atoms with Gasteiger partial charge in [0.05, 0.1) is 17.9 Å². The quantitative estimate of drug-likeness (QED) is 0.824. The van der Waals surface area contributed by atoms with Crippen molar-refractivity contribution in [2.45, 2.75) is 26.9 Å². The fraction of sp³-hybridized carbons (Fsp3) is 0.263. The highest BCUT2D eigenvalue weighted by Gasteiger charge is 2.20. The van der Waals surface area contributed by atoms with Crippen molar-refractivity contribution in [2.24, 2.45) is 0 Å². The lowest BCUT2D eigenvalue weighted by Crippen LogP contribution is -2.30. The predicted molar refractivity (Wildman–Crippen MR) is 92.3 cm³/mol. The number of anilines is 1. The molecular weight excluding hydrogens is 306 g/mol. The van der Waals surface area contributed by atoms with Crippen molar-refractivity contribution < 1.29 is 19.1 Å². The molecule has 5 heteroatoms. The van der Waals surface area contributed by atoms with Crippen LogP contribution in [0.3, 0.4) is 0 Å². The highest BCUT2D eigenvalue weighted by atomic mass is 16.5. The average molecular weight is 327 g/mol. The van der Waals surface area contributed by atoms with E-state index in [1.165, 1.54) is 6.92 Å². The van der Waals surface area contributed by atoms with Crippen LogP contribution in [0.25, 0.3) is 0 Å². The molecule has 126 valence electrons. The maximum atomic E-state index is 12.3. The molecule has 2 rings (SSSR count). The smallest absolute Gasteiger partial charge is 0.339 e. The third-order valence-corrected chi connectivity index (χ3v) is 3.46. The summed E-state index contributed by atoms with van der Waals surface area (Å²) in [6.45, 7) is 5.71. The molecule has 0 aromatic heterocycles. The van der Waals surface area contributed by atoms with E-state index in [1.807, 2.05) is 32.0 Å². The molecule has 0 heterocycles. The molecule has 2 aromatic rings. The Morgan fingerprint density at radius 1 is 1.08 bits per heavy atom. The van der Waals surface area contributed by atoms with E-state index in [9.17, 15) is 9.59 Å². The fourth-order valence-corrected chi connectivity index (χ4v) is 2.17. The Labute approximate surface area is 141 Å². The number of aryl methyl sites for hydroxylation is 1. The van der Waals surface area contributed by atoms with Crippen LogP contribution in [0.2, 0.25) is 0 Å². The van der Waals surface area contributed by atoms with Gasteiger partial charge in [-0.05, 0) is 44.5 Å². The first-order chi connectivity index (χ1) is 11.5. The lowest BCUT2D eigenvalue weighted by Gasteiger charge is -2.16. The van der Waals surface area contributed by atoms with Gasteiger partial charge in [-0.15, -0.1) is 0 Å². The topological polar surface area (TPSA) is 64.6 Å². The van der Waals surface area contributed by atoms with Gasteiger partial charge in [0, 0.05) is 0 Å². The van der Waals surface area contributed by atoms with Gasteiger partial charge in [-0.3, -0.25) is 4.79 Å². The number of carbonyl (C=O) groups is 2. The van der Waals surface area contributed by atoms with Crippen LogP contribution in [0.15, 0.2) is 48.5 Å². The molecule has 0 spiro atoms. The van der Waals surface area contributed by atoms with Gasteiger partial charge in [0.2, 0.25) is 0 Å². The van der Waals surface area contributed by atoms with Gasteiger partial charge in [0.1, 0.15) is 5.75 Å². The largest absolute Gasteiger partial charge is 0.492 e. The number of carbonyl (C=O) groups excluding carboxylic acids is 2. The normalized spacial score (nSPS) is 11.5. The van der Waals surface area contributed by atoms with Crippen molar-refractivity contribution in [3.05, 3.63) is 59.7 Å². The van der Waals surface area contributed by atoms with Crippen molar-refractivity contribution in [3.8, 4) is 5.75 Å². The van der Waals surface area contributed by atoms with Crippen LogP contribution >= 0.6 is 0 Å². The second-order valence-electron chi connectivity index (χ2n) is 5.28. The number of ether oxygens (including phenoxy) is 2. The Morgan fingerprint density at radius 3 is 2.46 bits per heavy atom. The van der Waals surface area contributed by atoms with Crippen LogP contribution in [0.4, 0.5) is 5.69 Å². The van der Waals surface area contributed by atoms with Gasteiger partial charge in [0.15, 0.2) is 6.10 Å². The summed E-state index contributed by atoms with van der Waals surface area (Å²) in [5.41, 5.74) is 1.80. The summed E-state index contributed by atoms with van der Waals surface area (Å²) in [7, 11) is 0. The molecule has 24 heavy (non-hydrogen) atoms. The number of benzene rings is 2. The standard InChI is InChI=1S/C19H21NO4/c1-4-23-17-12-8-7-11-16(17)20-18(21)14(3)24-19(22)15-10-6-5-9-13(15)2/h5-12,14H,4H2,1-3H3,(H,20,21). The zero-order chi connectivity index (χ0) is 17.5. The zero-order valence-corrected chi connectivity index (χ0v) is 14.0. The monoisotopic (exact) mass is 327 g/mol. The van der Waals surface area contributed by atoms with Crippen LogP contribution < -0.4 is 10.1 Å². The minimum absolute atomic E-state index is 0.413. The number of para-hydroxylation sites is 2. The Bertz CT molecular complexity index is 727. The molecule has 5 nitrogen and oxygen atoms in total. The molecule has 0 radical (unpaired) electrons. The van der Waals surface area contributed by atoms with E-state index in [-0.39, 0.29) is 0 Å². The van der Waals surface area contributed by atoms with Gasteiger partial charge in [-0.25, -0.2) is 4.79 Å². The van der Waals surface area contributed by atoms with Crippen molar-refractivity contribution in [1.82, 2.24) is 0 Å². The SMILES string of the molecule is CCOc1ccccc1NC(=O)C(C)OC(=O)c1ccccc1C. The van der Waals surface area contributed by atoms with E-state index in [2.05, 4.69) is 5.32 Å². The predicted octanol–water partition coefficient (Wildman–Crippen LogP) is 3.58. The second-order valence-corrected chi connectivity index (χ2v) is 5.28. The maximum Gasteiger partial charge on any atom is 0.339 e. The van der Waals surface area contributed by atoms with Crippen LogP contribution in [0.5, 0.6) is 5.75 Å². The Hall–Kier alpha value is -2.82. The lowest BCUT2D eigenvalue weighted by atomic mass is 10.1. The van der Waals surface area contributed by atoms with Crippen molar-refractivity contribution in [3.63, 3.8) is 0 Å². The Morgan fingerprint density at radius 2 is 1.75 bits per heavy atom. The number of esters is 1. The molecule has 0 aliphatic carbocycles. The summed E-state index contributed by atoms with van der Waals surface area (Å²) in [5.74, 6) is -0.358. The maximum absolute atomic E-state index is 12.3. The van der Waals surface area contributed by atoms with Gasteiger partial charge >= 0.3 is 5.97 Å². The van der Waals surface area contributed by atoms with E-state index < -0.39 is 18.0 Å². The highest BCUT2D eigenvalue weighted by molar-refractivity contribution is 5.98. The van der Waals surface area contributed by atoms with Crippen LogP contribution in [-0.4, -0.2) is 24.6 Å². The Kier molecular flexibility index (Phi) is 5.95. The molecular formula is C19H21NO4. The molecule has 1 amide bonds. The van der Waals surface area contributed by atoms with Crippen LogP contribution in [0, 0.1) is 6.92 Å². The Balaban J connectivity index is 2.03. The minimum Gasteiger partial charge on any atom is -0.492 e. The molecule has 1 N–H and O–H groups in total. The number of nitrogens with one attached hydrogen (secondary N) is 1. The van der Waals surface area contributed by atoms with Crippen LogP contribution in [-0.2, 0) is 9.53 Å². The highest BCUT2D eigenvalue weighted by Crippen LogP contribution is 2.24. The molecule has 1 atom stereocenters. The fourth-order valence-electron chi connectivity index (χ4n) is 2.17. The first-order valence-corrected chi connectivity index (χ1v) is 7.82. The van der Waals surface area contributed by atoms with Gasteiger partial charge in [-0.1, -0.05) is 30.3 Å². The zero-order valence-electron chi connectivity index (χ0n) is 14.0. The first kappa shape index (κ1) is 17.5. The summed E-state index contributed by atoms with van der Waals surface area (Å²) >= 11 is 0. The van der Waals surface area contributed by atoms with E-state index in [0.717, 1.165) is 5.56 Å². The van der Waals surface area contributed by atoms with E-state index >= 15 is 0 Å². The molecule has 0 saturated heterocycles. The van der Waals surface area contributed by atoms with Crippen molar-refractivity contribution in [1.29, 1.82) is 0 Å². The first-order valence-electron chi connectivity index (χ1n) is 7.82.